The zero-order chi connectivity index (χ0) is 13.4. The molecule has 2 fully saturated rings. The van der Waals surface area contributed by atoms with Crippen molar-refractivity contribution < 1.29 is 4.79 Å². The fourth-order valence-corrected chi connectivity index (χ4v) is 2.86. The van der Waals surface area contributed by atoms with E-state index in [-0.39, 0.29) is 5.28 Å². The zero-order valence-corrected chi connectivity index (χ0v) is 12.7. The van der Waals surface area contributed by atoms with Crippen LogP contribution in [0.3, 0.4) is 0 Å². The molecule has 0 N–H and O–H groups in total. The zero-order valence-electron chi connectivity index (χ0n) is 10.4. The third-order valence-corrected chi connectivity index (χ3v) is 4.26. The number of carbonyl (C=O) groups excluding carboxylic acids is 1. The van der Waals surface area contributed by atoms with Gasteiger partial charge in [0.1, 0.15) is 5.82 Å². The van der Waals surface area contributed by atoms with Gasteiger partial charge in [0.25, 0.3) is 0 Å². The highest BCUT2D eigenvalue weighted by atomic mass is 79.9. The topological polar surface area (TPSA) is 49.3 Å². The van der Waals surface area contributed by atoms with Gasteiger partial charge in [-0.2, -0.15) is 4.98 Å². The van der Waals surface area contributed by atoms with Crippen molar-refractivity contribution in [2.24, 2.45) is 5.92 Å². The molecule has 0 unspecified atom stereocenters. The summed E-state index contributed by atoms with van der Waals surface area (Å²) in [5, 5.41) is 0.245. The molecule has 5 nitrogen and oxygen atoms in total. The Morgan fingerprint density at radius 2 is 2.00 bits per heavy atom. The fourth-order valence-electron chi connectivity index (χ4n) is 2.29. The Morgan fingerprint density at radius 1 is 1.32 bits per heavy atom. The summed E-state index contributed by atoms with van der Waals surface area (Å²) in [7, 11) is 0. The van der Waals surface area contributed by atoms with Crippen molar-refractivity contribution >= 4 is 39.3 Å². The van der Waals surface area contributed by atoms with Crippen molar-refractivity contribution in [3.05, 3.63) is 16.0 Å². The lowest BCUT2D eigenvalue weighted by atomic mass is 10.2. The van der Waals surface area contributed by atoms with E-state index < -0.39 is 0 Å². The number of hydrogen-bond acceptors (Lipinski definition) is 4. The molecular weight excluding hydrogens is 332 g/mol. The highest BCUT2D eigenvalue weighted by molar-refractivity contribution is 9.10. The SMILES string of the molecule is O=C(C1CC1)N1CCN(c2nc(Cl)ncc2Br)CC1. The summed E-state index contributed by atoms with van der Waals surface area (Å²) >= 11 is 9.27. The second-order valence-corrected chi connectivity index (χ2v) is 6.09. The first-order chi connectivity index (χ1) is 9.15. The van der Waals surface area contributed by atoms with Crippen LogP contribution in [0.25, 0.3) is 0 Å². The highest BCUT2D eigenvalue weighted by Gasteiger charge is 2.34. The maximum atomic E-state index is 12.0. The monoisotopic (exact) mass is 344 g/mol. The number of carbonyl (C=O) groups is 1. The van der Waals surface area contributed by atoms with E-state index in [1.807, 2.05) is 4.90 Å². The van der Waals surface area contributed by atoms with E-state index >= 15 is 0 Å². The lowest BCUT2D eigenvalue weighted by Gasteiger charge is -2.35. The Bertz CT molecular complexity index is 501. The van der Waals surface area contributed by atoms with Crippen molar-refractivity contribution in [3.8, 4) is 0 Å². The smallest absolute Gasteiger partial charge is 0.225 e. The summed E-state index contributed by atoms with van der Waals surface area (Å²) in [5.74, 6) is 1.42. The van der Waals surface area contributed by atoms with Crippen LogP contribution in [0.5, 0.6) is 0 Å². The Balaban J connectivity index is 1.66. The van der Waals surface area contributed by atoms with E-state index in [2.05, 4.69) is 30.8 Å². The van der Waals surface area contributed by atoms with Gasteiger partial charge in [-0.3, -0.25) is 4.79 Å². The van der Waals surface area contributed by atoms with Gasteiger partial charge in [0.2, 0.25) is 11.2 Å². The summed E-state index contributed by atoms with van der Waals surface area (Å²) in [6.45, 7) is 3.07. The summed E-state index contributed by atoms with van der Waals surface area (Å²) in [5.41, 5.74) is 0. The average Bonchev–Trinajstić information content (AvgIpc) is 3.25. The Kier molecular flexibility index (Phi) is 3.62. The Hall–Kier alpha value is -0.880. The predicted molar refractivity (Wildman–Crippen MR) is 76.3 cm³/mol. The van der Waals surface area contributed by atoms with Crippen molar-refractivity contribution in [1.82, 2.24) is 14.9 Å². The Morgan fingerprint density at radius 3 is 2.63 bits per heavy atom. The molecule has 3 rings (SSSR count). The third kappa shape index (κ3) is 2.84. The van der Waals surface area contributed by atoms with E-state index in [1.165, 1.54) is 0 Å². The van der Waals surface area contributed by atoms with Gasteiger partial charge in [0.15, 0.2) is 0 Å². The minimum atomic E-state index is 0.245. The largest absolute Gasteiger partial charge is 0.352 e. The lowest BCUT2D eigenvalue weighted by molar-refractivity contribution is -0.132. The van der Waals surface area contributed by atoms with Gasteiger partial charge in [-0.25, -0.2) is 4.98 Å². The van der Waals surface area contributed by atoms with Crippen LogP contribution in [0, 0.1) is 5.92 Å². The van der Waals surface area contributed by atoms with E-state index in [9.17, 15) is 4.79 Å². The summed E-state index contributed by atoms with van der Waals surface area (Å²) in [4.78, 5) is 24.2. The standard InChI is InChI=1S/C12H14BrClN4O/c13-9-7-15-12(14)16-10(9)17-3-5-18(6-4-17)11(19)8-1-2-8/h7-8H,1-6H2. The number of rotatable bonds is 2. The van der Waals surface area contributed by atoms with E-state index in [0.29, 0.717) is 11.8 Å². The molecule has 1 saturated heterocycles. The molecule has 19 heavy (non-hydrogen) atoms. The molecule has 1 aromatic rings. The molecule has 2 heterocycles. The molecule has 0 radical (unpaired) electrons. The third-order valence-electron chi connectivity index (χ3n) is 3.51. The maximum Gasteiger partial charge on any atom is 0.225 e. The average molecular weight is 346 g/mol. The van der Waals surface area contributed by atoms with Gasteiger partial charge in [-0.15, -0.1) is 0 Å². The molecule has 0 aromatic carbocycles. The molecule has 7 heteroatoms. The minimum Gasteiger partial charge on any atom is -0.352 e. The van der Waals surface area contributed by atoms with Gasteiger partial charge >= 0.3 is 0 Å². The van der Waals surface area contributed by atoms with Crippen LogP contribution in [0.4, 0.5) is 5.82 Å². The molecule has 0 atom stereocenters. The molecule has 1 amide bonds. The molecule has 1 aromatic heterocycles. The second kappa shape index (κ2) is 5.25. The van der Waals surface area contributed by atoms with Crippen LogP contribution < -0.4 is 4.90 Å². The molecule has 1 saturated carbocycles. The molecule has 0 bridgehead atoms. The Labute approximate surface area is 125 Å². The molecule has 1 aliphatic heterocycles. The number of anilines is 1. The van der Waals surface area contributed by atoms with Gasteiger partial charge in [-0.1, -0.05) is 0 Å². The van der Waals surface area contributed by atoms with Crippen LogP contribution >= 0.6 is 27.5 Å². The van der Waals surface area contributed by atoms with Crippen LogP contribution in [0.1, 0.15) is 12.8 Å². The lowest BCUT2D eigenvalue weighted by Crippen LogP contribution is -2.49. The van der Waals surface area contributed by atoms with Crippen LogP contribution in [0.15, 0.2) is 10.7 Å². The minimum absolute atomic E-state index is 0.245. The first-order valence-electron chi connectivity index (χ1n) is 6.37. The van der Waals surface area contributed by atoms with Gasteiger partial charge < -0.3 is 9.80 Å². The normalized spacial score (nSPS) is 19.7. The second-order valence-electron chi connectivity index (χ2n) is 4.90. The van der Waals surface area contributed by atoms with Crippen molar-refractivity contribution in [3.63, 3.8) is 0 Å². The number of aromatic nitrogens is 2. The van der Waals surface area contributed by atoms with Crippen LogP contribution in [-0.2, 0) is 4.79 Å². The summed E-state index contributed by atoms with van der Waals surface area (Å²) < 4.78 is 0.832. The van der Waals surface area contributed by atoms with Crippen molar-refractivity contribution in [1.29, 1.82) is 0 Å². The first kappa shape index (κ1) is 13.1. The quantitative estimate of drug-likeness (QED) is 0.769. The highest BCUT2D eigenvalue weighted by Crippen LogP contribution is 2.32. The number of hydrogen-bond donors (Lipinski definition) is 0. The maximum absolute atomic E-state index is 12.0. The van der Waals surface area contributed by atoms with Crippen LogP contribution in [-0.4, -0.2) is 47.0 Å². The number of halogens is 2. The summed E-state index contributed by atoms with van der Waals surface area (Å²) in [6, 6.07) is 0. The van der Waals surface area contributed by atoms with Crippen molar-refractivity contribution in [2.45, 2.75) is 12.8 Å². The molecule has 102 valence electrons. The van der Waals surface area contributed by atoms with E-state index in [0.717, 1.165) is 49.3 Å². The number of nitrogens with zero attached hydrogens (tertiary/aromatic N) is 4. The molecule has 1 aliphatic carbocycles. The van der Waals surface area contributed by atoms with Gasteiger partial charge in [0, 0.05) is 38.3 Å². The van der Waals surface area contributed by atoms with Gasteiger partial charge in [-0.05, 0) is 40.4 Å². The van der Waals surface area contributed by atoms with Gasteiger partial charge in [0.05, 0.1) is 4.47 Å². The summed E-state index contributed by atoms with van der Waals surface area (Å²) in [6.07, 6.45) is 3.78. The fraction of sp³-hybridized carbons (Fsp3) is 0.583. The molecule has 0 spiro atoms. The predicted octanol–water partition coefficient (Wildman–Crippen LogP) is 1.95. The molecular formula is C12H14BrClN4O. The number of amides is 1. The van der Waals surface area contributed by atoms with E-state index in [4.69, 9.17) is 11.6 Å². The number of piperazine rings is 1. The van der Waals surface area contributed by atoms with Crippen LogP contribution in [0.2, 0.25) is 5.28 Å². The van der Waals surface area contributed by atoms with E-state index in [1.54, 1.807) is 6.20 Å². The molecule has 2 aliphatic rings. The first-order valence-corrected chi connectivity index (χ1v) is 7.54. The van der Waals surface area contributed by atoms with Crippen molar-refractivity contribution in [2.75, 3.05) is 31.1 Å².